The second-order valence-corrected chi connectivity index (χ2v) is 5.74. The summed E-state index contributed by atoms with van der Waals surface area (Å²) in [5, 5.41) is 7.02. The van der Waals surface area contributed by atoms with Crippen LogP contribution >= 0.6 is 0 Å². The van der Waals surface area contributed by atoms with Crippen LogP contribution in [-0.2, 0) is 16.1 Å². The van der Waals surface area contributed by atoms with Gasteiger partial charge in [0.1, 0.15) is 12.3 Å². The van der Waals surface area contributed by atoms with Crippen molar-refractivity contribution < 1.29 is 14.3 Å². The molecule has 1 aliphatic rings. The molecule has 0 radical (unpaired) electrons. The number of carbonyl (C=O) groups is 2. The third-order valence-electron chi connectivity index (χ3n) is 3.76. The number of hydrogen-bond donors (Lipinski definition) is 1. The Morgan fingerprint density at radius 3 is 3.00 bits per heavy atom. The number of nitrogens with one attached hydrogen (secondary N) is 1. The van der Waals surface area contributed by atoms with Gasteiger partial charge in [-0.05, 0) is 25.1 Å². The number of nitrogens with zero attached hydrogens (tertiary/aromatic N) is 3. The minimum atomic E-state index is -0.209. The molecule has 2 aromatic rings. The van der Waals surface area contributed by atoms with Gasteiger partial charge in [0.25, 0.3) is 0 Å². The molecule has 126 valence electrons. The van der Waals surface area contributed by atoms with Crippen molar-refractivity contribution in [2.45, 2.75) is 25.9 Å². The molecule has 2 heterocycles. The highest BCUT2D eigenvalue weighted by molar-refractivity contribution is 6.00. The maximum Gasteiger partial charge on any atom is 0.240 e. The zero-order valence-corrected chi connectivity index (χ0v) is 13.5. The predicted molar refractivity (Wildman–Crippen MR) is 88.7 cm³/mol. The van der Waals surface area contributed by atoms with Crippen LogP contribution in [0.15, 0.2) is 42.7 Å². The van der Waals surface area contributed by atoms with Crippen LogP contribution in [0.2, 0.25) is 0 Å². The van der Waals surface area contributed by atoms with E-state index in [9.17, 15) is 9.59 Å². The zero-order chi connectivity index (χ0) is 16.9. The fraction of sp³-hybridized carbons (Fsp3) is 0.353. The lowest BCUT2D eigenvalue weighted by Gasteiger charge is -2.22. The first-order valence-corrected chi connectivity index (χ1v) is 7.92. The molecule has 3 rings (SSSR count). The molecule has 0 aliphatic carbocycles. The van der Waals surface area contributed by atoms with Gasteiger partial charge in [0.2, 0.25) is 11.8 Å². The summed E-state index contributed by atoms with van der Waals surface area (Å²) in [6.45, 7) is 2.78. The predicted octanol–water partition coefficient (Wildman–Crippen LogP) is 1.20. The molecule has 1 aromatic heterocycles. The highest BCUT2D eigenvalue weighted by Gasteiger charge is 2.25. The monoisotopic (exact) mass is 328 g/mol. The molecule has 7 nitrogen and oxygen atoms in total. The molecule has 0 spiro atoms. The number of anilines is 1. The average Bonchev–Trinajstić information content (AvgIpc) is 3.00. The Morgan fingerprint density at radius 1 is 1.38 bits per heavy atom. The van der Waals surface area contributed by atoms with E-state index in [0.717, 1.165) is 0 Å². The summed E-state index contributed by atoms with van der Waals surface area (Å²) in [6, 6.07) is 9.01. The molecule has 2 amide bonds. The van der Waals surface area contributed by atoms with Crippen molar-refractivity contribution in [1.29, 1.82) is 0 Å². The quantitative estimate of drug-likeness (QED) is 0.895. The lowest BCUT2D eigenvalue weighted by Crippen LogP contribution is -2.44. The molecule has 0 saturated carbocycles. The van der Waals surface area contributed by atoms with Crippen molar-refractivity contribution in [2.24, 2.45) is 0 Å². The van der Waals surface area contributed by atoms with Gasteiger partial charge in [-0.2, -0.15) is 5.10 Å². The van der Waals surface area contributed by atoms with Crippen molar-refractivity contribution in [3.63, 3.8) is 0 Å². The SMILES string of the molecule is C[C@@H](Cn1cccn1)NC(=O)CN1C(=O)CCOc2ccccc21. The van der Waals surface area contributed by atoms with Gasteiger partial charge in [-0.15, -0.1) is 0 Å². The number of hydrogen-bond acceptors (Lipinski definition) is 4. The molecule has 1 atom stereocenters. The maximum atomic E-state index is 12.3. The van der Waals surface area contributed by atoms with Gasteiger partial charge in [-0.3, -0.25) is 19.2 Å². The minimum absolute atomic E-state index is 0.0251. The Bertz CT molecular complexity index is 714. The van der Waals surface area contributed by atoms with Gasteiger partial charge in [0.05, 0.1) is 25.3 Å². The van der Waals surface area contributed by atoms with E-state index in [2.05, 4.69) is 10.4 Å². The van der Waals surface area contributed by atoms with Crippen LogP contribution in [0.3, 0.4) is 0 Å². The molecule has 7 heteroatoms. The molecule has 0 fully saturated rings. The van der Waals surface area contributed by atoms with Crippen molar-refractivity contribution in [1.82, 2.24) is 15.1 Å². The third kappa shape index (κ3) is 3.73. The summed E-state index contributed by atoms with van der Waals surface area (Å²) in [7, 11) is 0. The molecular weight excluding hydrogens is 308 g/mol. The fourth-order valence-electron chi connectivity index (χ4n) is 2.69. The van der Waals surface area contributed by atoms with E-state index in [0.29, 0.717) is 24.6 Å². The second kappa shape index (κ2) is 7.16. The normalized spacial score (nSPS) is 15.2. The second-order valence-electron chi connectivity index (χ2n) is 5.74. The Morgan fingerprint density at radius 2 is 2.21 bits per heavy atom. The number of fused-ring (bicyclic) bond motifs is 1. The summed E-state index contributed by atoms with van der Waals surface area (Å²) < 4.78 is 7.33. The Labute approximate surface area is 140 Å². The van der Waals surface area contributed by atoms with E-state index < -0.39 is 0 Å². The summed E-state index contributed by atoms with van der Waals surface area (Å²) in [5.74, 6) is 0.301. The lowest BCUT2D eigenvalue weighted by atomic mass is 10.2. The highest BCUT2D eigenvalue weighted by atomic mass is 16.5. The van der Waals surface area contributed by atoms with Gasteiger partial charge in [-0.25, -0.2) is 0 Å². The first-order valence-electron chi connectivity index (χ1n) is 7.92. The molecule has 0 bridgehead atoms. The number of rotatable bonds is 5. The Hall–Kier alpha value is -2.83. The Kier molecular flexibility index (Phi) is 4.79. The number of ether oxygens (including phenoxy) is 1. The van der Waals surface area contributed by atoms with Crippen LogP contribution < -0.4 is 15.0 Å². The van der Waals surface area contributed by atoms with Gasteiger partial charge in [0, 0.05) is 18.4 Å². The van der Waals surface area contributed by atoms with E-state index in [4.69, 9.17) is 4.74 Å². The van der Waals surface area contributed by atoms with Crippen molar-refractivity contribution in [3.8, 4) is 5.75 Å². The molecule has 0 saturated heterocycles. The Balaban J connectivity index is 1.65. The summed E-state index contributed by atoms with van der Waals surface area (Å²) >= 11 is 0. The molecule has 24 heavy (non-hydrogen) atoms. The molecular formula is C17H20N4O3. The molecule has 1 aliphatic heterocycles. The van der Waals surface area contributed by atoms with Gasteiger partial charge in [0.15, 0.2) is 0 Å². The van der Waals surface area contributed by atoms with E-state index in [-0.39, 0.29) is 30.8 Å². The largest absolute Gasteiger partial charge is 0.491 e. The topological polar surface area (TPSA) is 76.5 Å². The third-order valence-corrected chi connectivity index (χ3v) is 3.76. The maximum absolute atomic E-state index is 12.3. The number of carbonyl (C=O) groups excluding carboxylic acids is 2. The number of para-hydroxylation sites is 2. The van der Waals surface area contributed by atoms with Gasteiger partial charge in [-0.1, -0.05) is 12.1 Å². The molecule has 1 aromatic carbocycles. The van der Waals surface area contributed by atoms with E-state index in [1.54, 1.807) is 23.0 Å². The van der Waals surface area contributed by atoms with E-state index in [1.807, 2.05) is 31.3 Å². The number of amides is 2. The lowest BCUT2D eigenvalue weighted by molar-refractivity contribution is -0.124. The van der Waals surface area contributed by atoms with Crippen LogP contribution in [-0.4, -0.2) is 40.8 Å². The van der Waals surface area contributed by atoms with Crippen LogP contribution in [0, 0.1) is 0 Å². The first kappa shape index (κ1) is 16.0. The highest BCUT2D eigenvalue weighted by Crippen LogP contribution is 2.30. The summed E-state index contributed by atoms with van der Waals surface area (Å²) in [5.41, 5.74) is 0.634. The number of benzene rings is 1. The van der Waals surface area contributed by atoms with E-state index in [1.165, 1.54) is 4.90 Å². The van der Waals surface area contributed by atoms with Crippen molar-refractivity contribution >= 4 is 17.5 Å². The van der Waals surface area contributed by atoms with Crippen molar-refractivity contribution in [2.75, 3.05) is 18.1 Å². The summed E-state index contributed by atoms with van der Waals surface area (Å²) in [4.78, 5) is 26.1. The van der Waals surface area contributed by atoms with Crippen molar-refractivity contribution in [3.05, 3.63) is 42.7 Å². The van der Waals surface area contributed by atoms with Crippen LogP contribution in [0.4, 0.5) is 5.69 Å². The molecule has 0 unspecified atom stereocenters. The summed E-state index contributed by atoms with van der Waals surface area (Å²) in [6.07, 6.45) is 3.79. The standard InChI is InChI=1S/C17H20N4O3/c1-13(11-20-9-4-8-18-20)19-16(22)12-21-14-5-2-3-6-15(14)24-10-7-17(21)23/h2-6,8-9,13H,7,10-12H2,1H3,(H,19,22)/t13-/m0/s1. The number of aromatic nitrogens is 2. The van der Waals surface area contributed by atoms with Crippen LogP contribution in [0.5, 0.6) is 5.75 Å². The van der Waals surface area contributed by atoms with E-state index >= 15 is 0 Å². The van der Waals surface area contributed by atoms with Gasteiger partial charge >= 0.3 is 0 Å². The average molecular weight is 328 g/mol. The van der Waals surface area contributed by atoms with Crippen LogP contribution in [0.25, 0.3) is 0 Å². The molecule has 1 N–H and O–H groups in total. The zero-order valence-electron chi connectivity index (χ0n) is 13.5. The first-order chi connectivity index (χ1) is 11.6. The fourth-order valence-corrected chi connectivity index (χ4v) is 2.69. The van der Waals surface area contributed by atoms with Gasteiger partial charge < -0.3 is 10.1 Å². The minimum Gasteiger partial charge on any atom is -0.491 e. The smallest absolute Gasteiger partial charge is 0.240 e. The van der Waals surface area contributed by atoms with Crippen LogP contribution in [0.1, 0.15) is 13.3 Å².